The molecule has 1 atom stereocenters. The van der Waals surface area contributed by atoms with E-state index in [0.717, 1.165) is 19.4 Å². The highest BCUT2D eigenvalue weighted by molar-refractivity contribution is 5.78. The summed E-state index contributed by atoms with van der Waals surface area (Å²) in [6.45, 7) is 19.0. The van der Waals surface area contributed by atoms with Crippen LogP contribution in [0.4, 0.5) is 0 Å². The van der Waals surface area contributed by atoms with Gasteiger partial charge >= 0.3 is 0 Å². The molecule has 0 saturated carbocycles. The molecule has 2 rings (SSSR count). The van der Waals surface area contributed by atoms with Crippen LogP contribution < -0.4 is 5.32 Å². The third-order valence-electron chi connectivity index (χ3n) is 5.98. The third-order valence-corrected chi connectivity index (χ3v) is 5.98. The lowest BCUT2D eigenvalue weighted by Crippen LogP contribution is -2.12. The molecule has 34 heavy (non-hydrogen) atoms. The topological polar surface area (TPSA) is 24.9 Å². The molecule has 0 amide bonds. The van der Waals surface area contributed by atoms with Crippen LogP contribution in [0, 0.1) is 12.8 Å². The molecule has 1 heterocycles. The first-order valence-electron chi connectivity index (χ1n) is 12.6. The molecule has 0 aliphatic heterocycles. The minimum absolute atomic E-state index is 0.476. The van der Waals surface area contributed by atoms with Crippen LogP contribution in [0.5, 0.6) is 0 Å². The monoisotopic (exact) mass is 458 g/mol. The van der Waals surface area contributed by atoms with E-state index in [1.807, 2.05) is 26.4 Å². The lowest BCUT2D eigenvalue weighted by atomic mass is 9.90. The average molecular weight is 459 g/mol. The quantitative estimate of drug-likeness (QED) is 0.254. The second-order valence-electron chi connectivity index (χ2n) is 9.06. The van der Waals surface area contributed by atoms with Crippen LogP contribution in [-0.2, 0) is 0 Å². The van der Waals surface area contributed by atoms with Gasteiger partial charge in [0.2, 0.25) is 0 Å². The number of allylic oxidation sites excluding steroid dienone is 6. The minimum Gasteiger partial charge on any atom is -0.320 e. The van der Waals surface area contributed by atoms with E-state index < -0.39 is 0 Å². The maximum Gasteiger partial charge on any atom is 0.0349 e. The number of nitrogens with zero attached hydrogens (tertiary/aromatic N) is 1. The van der Waals surface area contributed by atoms with Crippen LogP contribution >= 0.6 is 0 Å². The Balaban J connectivity index is 0.00000182. The predicted octanol–water partition coefficient (Wildman–Crippen LogP) is 8.91. The number of aromatic nitrogens is 1. The zero-order chi connectivity index (χ0) is 25.3. The Morgan fingerprint density at radius 2 is 1.82 bits per heavy atom. The molecule has 1 aromatic heterocycles. The first-order chi connectivity index (χ1) is 16.4. The van der Waals surface area contributed by atoms with Gasteiger partial charge in [-0.15, -0.1) is 13.2 Å². The van der Waals surface area contributed by atoms with Crippen LogP contribution in [0.3, 0.4) is 0 Å². The molecule has 0 bridgehead atoms. The van der Waals surface area contributed by atoms with Crippen molar-refractivity contribution < 1.29 is 0 Å². The van der Waals surface area contributed by atoms with Gasteiger partial charge in [0.05, 0.1) is 0 Å². The second-order valence-corrected chi connectivity index (χ2v) is 9.06. The lowest BCUT2D eigenvalue weighted by molar-refractivity contribution is 0.451. The van der Waals surface area contributed by atoms with Crippen molar-refractivity contribution in [1.29, 1.82) is 0 Å². The minimum atomic E-state index is 0.476. The summed E-state index contributed by atoms with van der Waals surface area (Å²) < 4.78 is 0. The summed E-state index contributed by atoms with van der Waals surface area (Å²) in [4.78, 5) is 4.38. The highest BCUT2D eigenvalue weighted by atomic mass is 14.8. The van der Waals surface area contributed by atoms with E-state index in [9.17, 15) is 0 Å². The number of aryl methyl sites for hydroxylation is 1. The Bertz CT molecular complexity index is 934. The van der Waals surface area contributed by atoms with Gasteiger partial charge in [-0.25, -0.2) is 0 Å². The maximum atomic E-state index is 4.38. The maximum absolute atomic E-state index is 4.38. The zero-order valence-electron chi connectivity index (χ0n) is 22.4. The number of rotatable bonds is 12. The summed E-state index contributed by atoms with van der Waals surface area (Å²) in [7, 11) is 2.02. The molecule has 1 unspecified atom stereocenters. The van der Waals surface area contributed by atoms with Crippen molar-refractivity contribution in [3.63, 3.8) is 0 Å². The number of hydrogen-bond donors (Lipinski definition) is 1. The molecule has 2 aromatic rings. The van der Waals surface area contributed by atoms with E-state index in [0.29, 0.717) is 11.8 Å². The SMILES string of the molecule is C=CC.C=CCC(CC/C=C\C(=C/C)c1ccc(-c2cnccc2C(C)C)c(C)c1)CCNC. The highest BCUT2D eigenvalue weighted by Crippen LogP contribution is 2.32. The van der Waals surface area contributed by atoms with Crippen molar-refractivity contribution in [2.75, 3.05) is 13.6 Å². The van der Waals surface area contributed by atoms with Crippen LogP contribution in [0.25, 0.3) is 16.7 Å². The predicted molar refractivity (Wildman–Crippen MR) is 153 cm³/mol. The Labute approximate surface area is 209 Å². The normalized spacial score (nSPS) is 12.4. The fraction of sp³-hybridized carbons (Fsp3) is 0.406. The van der Waals surface area contributed by atoms with E-state index in [2.05, 4.69) is 99.7 Å². The number of pyridine rings is 1. The van der Waals surface area contributed by atoms with Crippen LogP contribution in [0.15, 0.2) is 80.2 Å². The molecule has 0 spiro atoms. The van der Waals surface area contributed by atoms with Gasteiger partial charge < -0.3 is 5.32 Å². The van der Waals surface area contributed by atoms with E-state index >= 15 is 0 Å². The summed E-state index contributed by atoms with van der Waals surface area (Å²) in [6, 6.07) is 8.94. The van der Waals surface area contributed by atoms with E-state index in [1.165, 1.54) is 46.2 Å². The molecule has 0 fully saturated rings. The van der Waals surface area contributed by atoms with E-state index in [1.54, 1.807) is 6.08 Å². The first kappa shape index (κ1) is 29.3. The number of benzene rings is 1. The molecular formula is C32H46N2. The molecule has 184 valence electrons. The average Bonchev–Trinajstić information content (AvgIpc) is 2.83. The van der Waals surface area contributed by atoms with E-state index in [4.69, 9.17) is 0 Å². The number of hydrogen-bond acceptors (Lipinski definition) is 2. The van der Waals surface area contributed by atoms with Crippen molar-refractivity contribution in [2.45, 2.75) is 66.2 Å². The van der Waals surface area contributed by atoms with Gasteiger partial charge in [0.25, 0.3) is 0 Å². The molecule has 1 N–H and O–H groups in total. The smallest absolute Gasteiger partial charge is 0.0349 e. The fourth-order valence-corrected chi connectivity index (χ4v) is 4.14. The van der Waals surface area contributed by atoms with Crippen molar-refractivity contribution in [1.82, 2.24) is 10.3 Å². The Morgan fingerprint density at radius 1 is 1.09 bits per heavy atom. The van der Waals surface area contributed by atoms with Gasteiger partial charge in [-0.3, -0.25) is 4.98 Å². The molecular weight excluding hydrogens is 412 g/mol. The van der Waals surface area contributed by atoms with Crippen molar-refractivity contribution in [2.24, 2.45) is 5.92 Å². The fourth-order valence-electron chi connectivity index (χ4n) is 4.14. The molecule has 2 heteroatoms. The Hall–Kier alpha value is -2.71. The van der Waals surface area contributed by atoms with Crippen LogP contribution in [0.1, 0.15) is 76.0 Å². The molecule has 0 aliphatic carbocycles. The lowest BCUT2D eigenvalue weighted by Gasteiger charge is -2.15. The summed E-state index contributed by atoms with van der Waals surface area (Å²) in [5.41, 5.74) is 7.71. The van der Waals surface area contributed by atoms with Crippen molar-refractivity contribution in [3.8, 4) is 11.1 Å². The molecule has 1 aromatic carbocycles. The van der Waals surface area contributed by atoms with E-state index in [-0.39, 0.29) is 0 Å². The molecule has 0 saturated heterocycles. The summed E-state index contributed by atoms with van der Waals surface area (Å²) in [5.74, 6) is 1.18. The Kier molecular flexibility index (Phi) is 14.5. The largest absolute Gasteiger partial charge is 0.320 e. The van der Waals surface area contributed by atoms with Gasteiger partial charge in [-0.2, -0.15) is 0 Å². The standard InChI is InChI=1S/C29H40N2.C3H6/c1-7-11-24(16-18-30-6)12-9-10-13-25(8-2)26-14-15-28(23(5)20-26)29-21-31-19-17-27(29)22(3)4;1-3-2/h7-8,10,13-15,17,19-22,24,30H,1,9,11-12,16,18H2,2-6H3;3H,1H2,2H3/b13-10-,25-8+;. The zero-order valence-corrected chi connectivity index (χ0v) is 22.4. The van der Waals surface area contributed by atoms with Gasteiger partial charge in [0.1, 0.15) is 0 Å². The van der Waals surface area contributed by atoms with Gasteiger partial charge in [-0.1, -0.05) is 62.4 Å². The third kappa shape index (κ3) is 9.65. The summed E-state index contributed by atoms with van der Waals surface area (Å²) in [6.07, 6.45) is 19.1. The second kappa shape index (κ2) is 16.8. The summed E-state index contributed by atoms with van der Waals surface area (Å²) >= 11 is 0. The van der Waals surface area contributed by atoms with Gasteiger partial charge in [0.15, 0.2) is 0 Å². The Morgan fingerprint density at radius 3 is 2.41 bits per heavy atom. The van der Waals surface area contributed by atoms with Gasteiger partial charge in [0, 0.05) is 18.0 Å². The number of nitrogens with one attached hydrogen (secondary N) is 1. The molecule has 0 radical (unpaired) electrons. The van der Waals surface area contributed by atoms with Gasteiger partial charge in [-0.05, 0) is 106 Å². The molecule has 2 nitrogen and oxygen atoms in total. The van der Waals surface area contributed by atoms with Crippen LogP contribution in [0.2, 0.25) is 0 Å². The van der Waals surface area contributed by atoms with Crippen molar-refractivity contribution >= 4 is 5.57 Å². The highest BCUT2D eigenvalue weighted by Gasteiger charge is 2.11. The first-order valence-corrected chi connectivity index (χ1v) is 12.6. The van der Waals surface area contributed by atoms with Crippen LogP contribution in [-0.4, -0.2) is 18.6 Å². The van der Waals surface area contributed by atoms with Crippen molar-refractivity contribution in [3.05, 3.63) is 96.9 Å². The molecule has 0 aliphatic rings. The summed E-state index contributed by atoms with van der Waals surface area (Å²) in [5, 5.41) is 3.26.